The molecule has 0 saturated carbocycles. The van der Waals surface area contributed by atoms with Gasteiger partial charge in [-0.05, 0) is 18.2 Å². The van der Waals surface area contributed by atoms with E-state index in [9.17, 15) is 0 Å². The third kappa shape index (κ3) is 2.37. The fraction of sp³-hybridized carbons (Fsp3) is 0.0833. The summed E-state index contributed by atoms with van der Waals surface area (Å²) in [4.78, 5) is 7.81. The van der Waals surface area contributed by atoms with Crippen LogP contribution in [-0.2, 0) is 0 Å². The maximum Gasteiger partial charge on any atom is 0.222 e. The van der Waals surface area contributed by atoms with E-state index in [2.05, 4.69) is 9.97 Å². The van der Waals surface area contributed by atoms with Crippen LogP contribution in [0.3, 0.4) is 0 Å². The van der Waals surface area contributed by atoms with E-state index in [-0.39, 0.29) is 17.3 Å². The summed E-state index contributed by atoms with van der Waals surface area (Å²) in [7, 11) is 1.51. The maximum atomic E-state index is 9.16. The second-order valence-electron chi connectivity index (χ2n) is 3.65. The molecule has 1 heterocycles. The number of aromatic nitrogens is 2. The summed E-state index contributed by atoms with van der Waals surface area (Å²) in [5.74, 6) is 0.513. The van der Waals surface area contributed by atoms with Crippen LogP contribution in [0.2, 0.25) is 5.02 Å². The molecule has 0 atom stereocenters. The minimum absolute atomic E-state index is 0.0199. The van der Waals surface area contributed by atoms with Gasteiger partial charge in [0.05, 0.1) is 12.8 Å². The van der Waals surface area contributed by atoms with Crippen LogP contribution >= 0.6 is 11.6 Å². The van der Waals surface area contributed by atoms with Gasteiger partial charge in [-0.15, -0.1) is 0 Å². The van der Waals surface area contributed by atoms with Crippen LogP contribution in [0.4, 0.5) is 11.8 Å². The monoisotopic (exact) mass is 275 g/mol. The minimum Gasteiger partial charge on any atom is -0.496 e. The van der Waals surface area contributed by atoms with E-state index in [0.717, 1.165) is 0 Å². The first kappa shape index (κ1) is 12.9. The quantitative estimate of drug-likeness (QED) is 0.865. The van der Waals surface area contributed by atoms with E-state index >= 15 is 0 Å². The number of nitrogens with two attached hydrogens (primary N) is 2. The van der Waals surface area contributed by atoms with Crippen LogP contribution in [-0.4, -0.2) is 17.1 Å². The smallest absolute Gasteiger partial charge is 0.222 e. The minimum atomic E-state index is -0.0199. The maximum absolute atomic E-state index is 9.16. The Bertz CT molecular complexity index is 681. The first-order chi connectivity index (χ1) is 9.06. The highest BCUT2D eigenvalue weighted by Gasteiger charge is 2.17. The van der Waals surface area contributed by atoms with E-state index in [0.29, 0.717) is 22.0 Å². The van der Waals surface area contributed by atoms with Crippen molar-refractivity contribution in [2.24, 2.45) is 0 Å². The van der Waals surface area contributed by atoms with Crippen LogP contribution in [0.15, 0.2) is 18.2 Å². The van der Waals surface area contributed by atoms with Crippen LogP contribution < -0.4 is 16.2 Å². The lowest BCUT2D eigenvalue weighted by atomic mass is 10.1. The summed E-state index contributed by atoms with van der Waals surface area (Å²) < 4.78 is 5.22. The van der Waals surface area contributed by atoms with Gasteiger partial charge in [-0.2, -0.15) is 10.2 Å². The number of ether oxygens (including phenoxy) is 1. The molecule has 0 saturated heterocycles. The lowest BCUT2D eigenvalue weighted by molar-refractivity contribution is 0.416. The molecular formula is C12H10ClN5O. The highest BCUT2D eigenvalue weighted by atomic mass is 35.5. The average molecular weight is 276 g/mol. The van der Waals surface area contributed by atoms with Crippen LogP contribution in [0.1, 0.15) is 5.56 Å². The molecule has 1 aromatic heterocycles. The van der Waals surface area contributed by atoms with Crippen molar-refractivity contribution in [3.8, 4) is 23.1 Å². The average Bonchev–Trinajstić information content (AvgIpc) is 2.37. The van der Waals surface area contributed by atoms with Crippen molar-refractivity contribution in [1.82, 2.24) is 9.97 Å². The molecular weight excluding hydrogens is 266 g/mol. The summed E-state index contributed by atoms with van der Waals surface area (Å²) in [6, 6.07) is 6.93. The number of nitriles is 1. The second-order valence-corrected chi connectivity index (χ2v) is 4.08. The SMILES string of the molecule is COc1ccc(Cl)cc1-c1nc(N)nc(N)c1C#N. The highest BCUT2D eigenvalue weighted by molar-refractivity contribution is 6.31. The van der Waals surface area contributed by atoms with Gasteiger partial charge in [0.2, 0.25) is 5.95 Å². The van der Waals surface area contributed by atoms with E-state index < -0.39 is 0 Å². The van der Waals surface area contributed by atoms with Crippen molar-refractivity contribution >= 4 is 23.4 Å². The van der Waals surface area contributed by atoms with Crippen LogP contribution in [0.25, 0.3) is 11.3 Å². The fourth-order valence-electron chi connectivity index (χ4n) is 1.67. The summed E-state index contributed by atoms with van der Waals surface area (Å²) >= 11 is 5.95. The van der Waals surface area contributed by atoms with Gasteiger partial charge in [0, 0.05) is 10.6 Å². The molecule has 0 aliphatic heterocycles. The number of nitrogens with zero attached hydrogens (tertiary/aromatic N) is 3. The third-order valence-electron chi connectivity index (χ3n) is 2.48. The molecule has 0 aliphatic carbocycles. The molecule has 1 aromatic carbocycles. The van der Waals surface area contributed by atoms with Crippen molar-refractivity contribution in [3.63, 3.8) is 0 Å². The highest BCUT2D eigenvalue weighted by Crippen LogP contribution is 2.34. The van der Waals surface area contributed by atoms with Crippen molar-refractivity contribution < 1.29 is 4.74 Å². The molecule has 0 spiro atoms. The Morgan fingerprint density at radius 1 is 1.32 bits per heavy atom. The van der Waals surface area contributed by atoms with E-state index in [1.54, 1.807) is 18.2 Å². The van der Waals surface area contributed by atoms with Crippen LogP contribution in [0.5, 0.6) is 5.75 Å². The lowest BCUT2D eigenvalue weighted by Crippen LogP contribution is -2.05. The Labute approximate surface area is 114 Å². The Kier molecular flexibility index (Phi) is 3.40. The number of halogens is 1. The van der Waals surface area contributed by atoms with Crippen molar-refractivity contribution in [1.29, 1.82) is 5.26 Å². The molecule has 19 heavy (non-hydrogen) atoms. The van der Waals surface area contributed by atoms with E-state index in [1.807, 2.05) is 6.07 Å². The summed E-state index contributed by atoms with van der Waals surface area (Å²) in [5, 5.41) is 9.64. The van der Waals surface area contributed by atoms with Gasteiger partial charge in [0.25, 0.3) is 0 Å². The molecule has 6 nitrogen and oxygen atoms in total. The van der Waals surface area contributed by atoms with Crippen molar-refractivity contribution in [3.05, 3.63) is 28.8 Å². The normalized spacial score (nSPS) is 9.95. The van der Waals surface area contributed by atoms with E-state index in [4.69, 9.17) is 33.1 Å². The second kappa shape index (κ2) is 5.00. The summed E-state index contributed by atoms with van der Waals surface area (Å²) in [6.45, 7) is 0. The van der Waals surface area contributed by atoms with Gasteiger partial charge < -0.3 is 16.2 Å². The molecule has 0 radical (unpaired) electrons. The first-order valence-electron chi connectivity index (χ1n) is 5.23. The lowest BCUT2D eigenvalue weighted by Gasteiger charge is -2.11. The van der Waals surface area contributed by atoms with Gasteiger partial charge in [-0.1, -0.05) is 11.6 Å². The fourth-order valence-corrected chi connectivity index (χ4v) is 1.84. The molecule has 0 unspecified atom stereocenters. The largest absolute Gasteiger partial charge is 0.496 e. The zero-order chi connectivity index (χ0) is 14.0. The molecule has 0 aliphatic rings. The van der Waals surface area contributed by atoms with Gasteiger partial charge in [-0.25, -0.2) is 4.98 Å². The van der Waals surface area contributed by atoms with E-state index in [1.165, 1.54) is 7.11 Å². The molecule has 4 N–H and O–H groups in total. The summed E-state index contributed by atoms with van der Waals surface area (Å²) in [5.41, 5.74) is 12.2. The van der Waals surface area contributed by atoms with Crippen LogP contribution in [0, 0.1) is 11.3 Å². The van der Waals surface area contributed by atoms with Gasteiger partial charge in [-0.3, -0.25) is 0 Å². The number of benzene rings is 1. The Morgan fingerprint density at radius 2 is 2.05 bits per heavy atom. The Balaban J connectivity index is 2.78. The number of nitrogen functional groups attached to an aromatic ring is 2. The van der Waals surface area contributed by atoms with Gasteiger partial charge >= 0.3 is 0 Å². The Morgan fingerprint density at radius 3 is 2.68 bits per heavy atom. The zero-order valence-electron chi connectivity index (χ0n) is 10.0. The molecule has 0 bridgehead atoms. The number of hydrogen-bond donors (Lipinski definition) is 2. The molecule has 0 amide bonds. The van der Waals surface area contributed by atoms with Crippen molar-refractivity contribution in [2.75, 3.05) is 18.6 Å². The topological polar surface area (TPSA) is 111 Å². The first-order valence-corrected chi connectivity index (χ1v) is 5.61. The van der Waals surface area contributed by atoms with Crippen molar-refractivity contribution in [2.45, 2.75) is 0 Å². The number of rotatable bonds is 2. The Hall–Kier alpha value is -2.52. The van der Waals surface area contributed by atoms with Gasteiger partial charge in [0.15, 0.2) is 0 Å². The predicted octanol–water partition coefficient (Wildman–Crippen LogP) is 1.84. The molecule has 96 valence electrons. The molecule has 7 heteroatoms. The third-order valence-corrected chi connectivity index (χ3v) is 2.72. The number of anilines is 2. The van der Waals surface area contributed by atoms with Gasteiger partial charge in [0.1, 0.15) is 23.2 Å². The molecule has 0 fully saturated rings. The number of hydrogen-bond acceptors (Lipinski definition) is 6. The summed E-state index contributed by atoms with van der Waals surface area (Å²) in [6.07, 6.45) is 0. The standard InChI is InChI=1S/C12H10ClN5O/c1-19-9-3-2-6(13)4-7(9)10-8(5-14)11(15)18-12(16)17-10/h2-4H,1H3,(H4,15,16,17,18). The molecule has 2 aromatic rings. The number of methoxy groups -OCH3 is 1. The molecule has 2 rings (SSSR count). The zero-order valence-corrected chi connectivity index (χ0v) is 10.8. The predicted molar refractivity (Wildman–Crippen MR) is 72.6 cm³/mol.